The maximum Gasteiger partial charge on any atom is 0.0890 e. The van der Waals surface area contributed by atoms with E-state index in [0.717, 1.165) is 153 Å². The van der Waals surface area contributed by atoms with E-state index in [-0.39, 0.29) is 0 Å². The largest absolute Gasteiger partial charge is 0.314 e. The van der Waals surface area contributed by atoms with Gasteiger partial charge in [0.15, 0.2) is 0 Å². The summed E-state index contributed by atoms with van der Waals surface area (Å²) in [6.07, 6.45) is 2.28. The molecule has 0 atom stereocenters. The van der Waals surface area contributed by atoms with Crippen LogP contribution in [0.15, 0.2) is 36.4 Å². The highest BCUT2D eigenvalue weighted by Gasteiger charge is 2.08. The summed E-state index contributed by atoms with van der Waals surface area (Å²) in [6, 6.07) is 12.5. The van der Waals surface area contributed by atoms with E-state index in [9.17, 15) is 0 Å². The van der Waals surface area contributed by atoms with Crippen LogP contribution in [0.5, 0.6) is 0 Å². The maximum absolute atomic E-state index is 4.90. The third kappa shape index (κ3) is 12.2. The van der Waals surface area contributed by atoms with Gasteiger partial charge in [-0.3, -0.25) is 0 Å². The van der Waals surface area contributed by atoms with Crippen LogP contribution in [0.1, 0.15) is 24.2 Å². The Hall–Kier alpha value is -2.02. The third-order valence-electron chi connectivity index (χ3n) is 7.52. The fourth-order valence-corrected chi connectivity index (χ4v) is 5.20. The fraction of sp³-hybridized carbons (Fsp3) is 0.667. The molecule has 0 bridgehead atoms. The number of aromatic nitrogens is 2. The second-order valence-electron chi connectivity index (χ2n) is 10.8. The molecule has 0 spiro atoms. The molecule has 6 N–H and O–H groups in total. The predicted molar refractivity (Wildman–Crippen MR) is 164 cm³/mol. The number of pyridine rings is 2. The van der Waals surface area contributed by atoms with E-state index < -0.39 is 0 Å². The molecule has 0 unspecified atom stereocenters. The molecule has 2 aliphatic rings. The molecule has 0 aliphatic carbocycles. The van der Waals surface area contributed by atoms with Crippen LogP contribution in [0.25, 0.3) is 11.4 Å². The van der Waals surface area contributed by atoms with Crippen molar-refractivity contribution in [2.75, 3.05) is 105 Å². The molecule has 4 heterocycles. The summed E-state index contributed by atoms with van der Waals surface area (Å²) in [5, 5.41) is 21.1. The minimum absolute atomic E-state index is 0.779. The summed E-state index contributed by atoms with van der Waals surface area (Å²) in [5.41, 5.74) is 4.00. The van der Waals surface area contributed by atoms with E-state index in [0.29, 0.717) is 0 Å². The first-order chi connectivity index (χ1) is 19.9. The van der Waals surface area contributed by atoms with E-state index in [1.54, 1.807) is 0 Å². The highest BCUT2D eigenvalue weighted by molar-refractivity contribution is 5.54. The van der Waals surface area contributed by atoms with Gasteiger partial charge in [-0.1, -0.05) is 12.1 Å². The van der Waals surface area contributed by atoms with Crippen LogP contribution in [0.2, 0.25) is 0 Å². The second-order valence-corrected chi connectivity index (χ2v) is 10.8. The molecule has 0 saturated carbocycles. The Kier molecular flexibility index (Phi) is 14.8. The Morgan fingerprint density at radius 2 is 0.950 bits per heavy atom. The molecule has 4 rings (SSSR count). The summed E-state index contributed by atoms with van der Waals surface area (Å²) >= 11 is 0. The first-order valence-corrected chi connectivity index (χ1v) is 15.5. The fourth-order valence-electron chi connectivity index (χ4n) is 5.20. The SMILES string of the molecule is c1cc(CNCCCN2CCNCCNCC2)nc(-c2cccc(CNCCCN3CCNCCNCC3)n2)c1. The summed E-state index contributed by atoms with van der Waals surface area (Å²) in [7, 11) is 0. The molecule has 2 aliphatic heterocycles. The van der Waals surface area contributed by atoms with Crippen molar-refractivity contribution < 1.29 is 0 Å². The normalized spacial score (nSPS) is 18.7. The van der Waals surface area contributed by atoms with Gasteiger partial charge in [0.25, 0.3) is 0 Å². The van der Waals surface area contributed by atoms with Crippen molar-refractivity contribution in [2.24, 2.45) is 0 Å². The predicted octanol–water partition coefficient (Wildman–Crippen LogP) is 0.0926. The van der Waals surface area contributed by atoms with Crippen LogP contribution in [0.4, 0.5) is 0 Å². The molecule has 10 heteroatoms. The molecule has 2 aromatic rings. The van der Waals surface area contributed by atoms with Gasteiger partial charge in [0, 0.05) is 91.6 Å². The summed E-state index contributed by atoms with van der Waals surface area (Å²) < 4.78 is 0. The van der Waals surface area contributed by atoms with Gasteiger partial charge >= 0.3 is 0 Å². The van der Waals surface area contributed by atoms with Crippen LogP contribution in [0.3, 0.4) is 0 Å². The molecule has 10 nitrogen and oxygen atoms in total. The van der Waals surface area contributed by atoms with Crippen molar-refractivity contribution in [2.45, 2.75) is 25.9 Å². The van der Waals surface area contributed by atoms with Crippen molar-refractivity contribution in [1.82, 2.24) is 51.7 Å². The molecule has 0 aromatic carbocycles. The molecule has 2 saturated heterocycles. The van der Waals surface area contributed by atoms with Gasteiger partial charge in [0.05, 0.1) is 22.8 Å². The van der Waals surface area contributed by atoms with Crippen LogP contribution in [-0.4, -0.2) is 124 Å². The topological polar surface area (TPSA) is 104 Å². The average Bonchev–Trinajstić information content (AvgIpc) is 3.21. The van der Waals surface area contributed by atoms with Crippen LogP contribution >= 0.6 is 0 Å². The molecular formula is C30H52N10. The number of nitrogens with zero attached hydrogens (tertiary/aromatic N) is 4. The summed E-state index contributed by atoms with van der Waals surface area (Å²) in [4.78, 5) is 14.9. The lowest BCUT2D eigenvalue weighted by Crippen LogP contribution is -2.35. The molecule has 0 radical (unpaired) electrons. The van der Waals surface area contributed by atoms with Crippen LogP contribution in [0, 0.1) is 0 Å². The van der Waals surface area contributed by atoms with Crippen molar-refractivity contribution in [1.29, 1.82) is 0 Å². The van der Waals surface area contributed by atoms with E-state index >= 15 is 0 Å². The summed E-state index contributed by atoms with van der Waals surface area (Å²) in [5.74, 6) is 0. The number of rotatable bonds is 13. The van der Waals surface area contributed by atoms with Crippen molar-refractivity contribution in [3.05, 3.63) is 47.8 Å². The quantitative estimate of drug-likeness (QED) is 0.192. The lowest BCUT2D eigenvalue weighted by atomic mass is 10.2. The van der Waals surface area contributed by atoms with E-state index in [1.807, 2.05) is 0 Å². The monoisotopic (exact) mass is 552 g/mol. The minimum Gasteiger partial charge on any atom is -0.314 e. The molecule has 2 fully saturated rings. The van der Waals surface area contributed by atoms with E-state index in [2.05, 4.69) is 78.1 Å². The Balaban J connectivity index is 1.14. The van der Waals surface area contributed by atoms with Crippen molar-refractivity contribution in [3.63, 3.8) is 0 Å². The smallest absolute Gasteiger partial charge is 0.0890 e. The average molecular weight is 553 g/mol. The van der Waals surface area contributed by atoms with Gasteiger partial charge in [-0.15, -0.1) is 0 Å². The Bertz CT molecular complexity index is 847. The third-order valence-corrected chi connectivity index (χ3v) is 7.52. The minimum atomic E-state index is 0.779. The Morgan fingerprint density at radius 1 is 0.550 bits per heavy atom. The first-order valence-electron chi connectivity index (χ1n) is 15.5. The summed E-state index contributed by atoms with van der Waals surface area (Å²) in [6.45, 7) is 18.9. The van der Waals surface area contributed by atoms with Gasteiger partial charge in [0.2, 0.25) is 0 Å². The zero-order chi connectivity index (χ0) is 27.5. The zero-order valence-electron chi connectivity index (χ0n) is 24.4. The van der Waals surface area contributed by atoms with Gasteiger partial charge in [-0.25, -0.2) is 9.97 Å². The van der Waals surface area contributed by atoms with Gasteiger partial charge in [-0.05, 0) is 63.3 Å². The molecule has 40 heavy (non-hydrogen) atoms. The first kappa shape index (κ1) is 30.9. The lowest BCUT2D eigenvalue weighted by Gasteiger charge is -2.21. The van der Waals surface area contributed by atoms with E-state index in [1.165, 1.54) is 0 Å². The Labute approximate surface area is 241 Å². The number of hydrogen-bond acceptors (Lipinski definition) is 10. The van der Waals surface area contributed by atoms with E-state index in [4.69, 9.17) is 9.97 Å². The highest BCUT2D eigenvalue weighted by atomic mass is 15.2. The Morgan fingerprint density at radius 3 is 1.35 bits per heavy atom. The van der Waals surface area contributed by atoms with Gasteiger partial charge in [-0.2, -0.15) is 0 Å². The van der Waals surface area contributed by atoms with Gasteiger partial charge < -0.3 is 41.7 Å². The highest BCUT2D eigenvalue weighted by Crippen LogP contribution is 2.15. The second kappa shape index (κ2) is 19.2. The molecule has 2 aromatic heterocycles. The lowest BCUT2D eigenvalue weighted by molar-refractivity contribution is 0.276. The molecule has 0 amide bonds. The maximum atomic E-state index is 4.90. The van der Waals surface area contributed by atoms with Crippen molar-refractivity contribution >= 4 is 0 Å². The van der Waals surface area contributed by atoms with Gasteiger partial charge in [0.1, 0.15) is 0 Å². The molecule has 222 valence electrons. The van der Waals surface area contributed by atoms with Crippen LogP contribution in [-0.2, 0) is 13.1 Å². The molecular weight excluding hydrogens is 500 g/mol. The van der Waals surface area contributed by atoms with Crippen molar-refractivity contribution in [3.8, 4) is 11.4 Å². The number of nitrogens with one attached hydrogen (secondary N) is 6. The van der Waals surface area contributed by atoms with Crippen LogP contribution < -0.4 is 31.9 Å². The standard InChI is InChI=1S/C30H52N10/c1-5-27(25-35-9-3-19-39-21-15-31-11-12-32-16-22-39)37-29(7-1)30-8-2-6-28(38-30)26-36-10-4-20-40-23-17-33-13-14-34-18-24-40/h1-2,5-8,31-36H,3-4,9-26H2. The zero-order valence-corrected chi connectivity index (χ0v) is 24.4. The number of hydrogen-bond donors (Lipinski definition) is 6.